The van der Waals surface area contributed by atoms with Gasteiger partial charge in [-0.1, -0.05) is 24.3 Å². The first-order valence-corrected chi connectivity index (χ1v) is 9.71. The predicted octanol–water partition coefficient (Wildman–Crippen LogP) is 3.68. The van der Waals surface area contributed by atoms with E-state index in [9.17, 15) is 9.59 Å². The van der Waals surface area contributed by atoms with Crippen molar-refractivity contribution in [2.75, 3.05) is 0 Å². The van der Waals surface area contributed by atoms with Crippen molar-refractivity contribution < 1.29 is 19.1 Å². The highest BCUT2D eigenvalue weighted by atomic mass is 16.6. The lowest BCUT2D eigenvalue weighted by Gasteiger charge is -2.19. The van der Waals surface area contributed by atoms with E-state index in [1.165, 1.54) is 0 Å². The van der Waals surface area contributed by atoms with Crippen molar-refractivity contribution in [2.45, 2.75) is 84.2 Å². The van der Waals surface area contributed by atoms with Gasteiger partial charge in [-0.25, -0.2) is 4.79 Å². The van der Waals surface area contributed by atoms with E-state index in [2.05, 4.69) is 10.6 Å². The fourth-order valence-corrected chi connectivity index (χ4v) is 2.89. The number of carbonyl (C=O) groups is 2. The third-order valence-corrected chi connectivity index (χ3v) is 4.41. The molecule has 2 rings (SSSR count). The maximum Gasteiger partial charge on any atom is 0.407 e. The topological polar surface area (TPSA) is 76.7 Å². The van der Waals surface area contributed by atoms with E-state index in [-0.39, 0.29) is 18.1 Å². The summed E-state index contributed by atoms with van der Waals surface area (Å²) in [6.07, 6.45) is 3.93. The minimum Gasteiger partial charge on any atom is -0.461 e. The molecule has 1 aliphatic rings. The molecular weight excluding hydrogens is 344 g/mol. The molecule has 0 spiro atoms. The molecule has 150 valence electrons. The van der Waals surface area contributed by atoms with Gasteiger partial charge in [0, 0.05) is 13.1 Å². The van der Waals surface area contributed by atoms with E-state index < -0.39 is 11.7 Å². The van der Waals surface area contributed by atoms with Crippen LogP contribution in [0.4, 0.5) is 4.79 Å². The largest absolute Gasteiger partial charge is 0.461 e. The number of rotatable bonds is 7. The third-order valence-electron chi connectivity index (χ3n) is 4.41. The Kier molecular flexibility index (Phi) is 7.66. The summed E-state index contributed by atoms with van der Waals surface area (Å²) in [5.41, 5.74) is 1.55. The lowest BCUT2D eigenvalue weighted by molar-refractivity contribution is -0.150. The Balaban J connectivity index is 1.71. The average molecular weight is 376 g/mol. The SMILES string of the molecule is CC(NCc1ccc(CNC(=O)OC(C)(C)C)cc1)C(=O)OC1CCCC1. The number of amides is 1. The van der Waals surface area contributed by atoms with Gasteiger partial charge in [0.25, 0.3) is 0 Å². The Morgan fingerprint density at radius 2 is 1.63 bits per heavy atom. The maximum absolute atomic E-state index is 12.1. The monoisotopic (exact) mass is 376 g/mol. The second-order valence-corrected chi connectivity index (χ2v) is 8.12. The Bertz CT molecular complexity index is 616. The van der Waals surface area contributed by atoms with Gasteiger partial charge >= 0.3 is 12.1 Å². The first-order valence-electron chi connectivity index (χ1n) is 9.71. The molecule has 1 fully saturated rings. The molecule has 1 saturated carbocycles. The number of benzene rings is 1. The molecule has 6 heteroatoms. The zero-order chi connectivity index (χ0) is 19.9. The number of hydrogen-bond acceptors (Lipinski definition) is 5. The second-order valence-electron chi connectivity index (χ2n) is 8.12. The smallest absolute Gasteiger partial charge is 0.407 e. The first-order chi connectivity index (χ1) is 12.7. The number of carbonyl (C=O) groups excluding carboxylic acids is 2. The number of hydrogen-bond donors (Lipinski definition) is 2. The summed E-state index contributed by atoms with van der Waals surface area (Å²) in [6.45, 7) is 8.32. The van der Waals surface area contributed by atoms with E-state index >= 15 is 0 Å². The van der Waals surface area contributed by atoms with Gasteiger partial charge < -0.3 is 20.1 Å². The van der Waals surface area contributed by atoms with Gasteiger partial charge in [0.05, 0.1) is 0 Å². The van der Waals surface area contributed by atoms with Crippen molar-refractivity contribution in [3.05, 3.63) is 35.4 Å². The van der Waals surface area contributed by atoms with Crippen LogP contribution in [0.15, 0.2) is 24.3 Å². The number of ether oxygens (including phenoxy) is 2. The van der Waals surface area contributed by atoms with Crippen molar-refractivity contribution in [3.63, 3.8) is 0 Å². The molecule has 1 amide bonds. The molecule has 0 heterocycles. The standard InChI is InChI=1S/C21H32N2O4/c1-15(19(24)26-18-7-5-6-8-18)22-13-16-9-11-17(12-10-16)14-23-20(25)27-21(2,3)4/h9-12,15,18,22H,5-8,13-14H2,1-4H3,(H,23,25). The van der Waals surface area contributed by atoms with Crippen LogP contribution in [0, 0.1) is 0 Å². The quantitative estimate of drug-likeness (QED) is 0.710. The van der Waals surface area contributed by atoms with E-state index in [0.29, 0.717) is 13.1 Å². The van der Waals surface area contributed by atoms with Crippen LogP contribution in [0.1, 0.15) is 64.5 Å². The van der Waals surface area contributed by atoms with E-state index in [1.807, 2.05) is 52.0 Å². The Labute approximate surface area is 162 Å². The minimum absolute atomic E-state index is 0.0958. The molecule has 1 atom stereocenters. The summed E-state index contributed by atoms with van der Waals surface area (Å²) >= 11 is 0. The van der Waals surface area contributed by atoms with Crippen molar-refractivity contribution >= 4 is 12.1 Å². The summed E-state index contributed by atoms with van der Waals surface area (Å²) in [4.78, 5) is 23.8. The van der Waals surface area contributed by atoms with Gasteiger partial charge in [0.1, 0.15) is 17.7 Å². The Hall–Kier alpha value is -2.08. The molecule has 0 saturated heterocycles. The van der Waals surface area contributed by atoms with Gasteiger partial charge in [0.15, 0.2) is 0 Å². The minimum atomic E-state index is -0.505. The van der Waals surface area contributed by atoms with Crippen molar-refractivity contribution in [2.24, 2.45) is 0 Å². The summed E-state index contributed by atoms with van der Waals surface area (Å²) in [6, 6.07) is 7.53. The van der Waals surface area contributed by atoms with Crippen LogP contribution in [0.5, 0.6) is 0 Å². The average Bonchev–Trinajstić information content (AvgIpc) is 3.10. The normalized spacial score (nSPS) is 16.0. The molecule has 1 unspecified atom stereocenters. The highest BCUT2D eigenvalue weighted by Crippen LogP contribution is 2.21. The Morgan fingerprint density at radius 1 is 1.07 bits per heavy atom. The molecule has 0 aliphatic heterocycles. The van der Waals surface area contributed by atoms with Crippen LogP contribution in [-0.4, -0.2) is 29.8 Å². The molecule has 27 heavy (non-hydrogen) atoms. The van der Waals surface area contributed by atoms with E-state index in [1.54, 1.807) is 0 Å². The molecule has 2 N–H and O–H groups in total. The number of esters is 1. The summed E-state index contributed by atoms with van der Waals surface area (Å²) in [7, 11) is 0. The van der Waals surface area contributed by atoms with E-state index in [4.69, 9.17) is 9.47 Å². The summed E-state index contributed by atoms with van der Waals surface area (Å²) < 4.78 is 10.7. The number of nitrogens with one attached hydrogen (secondary N) is 2. The zero-order valence-corrected chi connectivity index (χ0v) is 16.8. The predicted molar refractivity (Wildman–Crippen MR) is 104 cm³/mol. The number of alkyl carbamates (subject to hydrolysis) is 1. The lowest BCUT2D eigenvalue weighted by Crippen LogP contribution is -2.36. The van der Waals surface area contributed by atoms with Crippen LogP contribution in [-0.2, 0) is 27.4 Å². The lowest BCUT2D eigenvalue weighted by atomic mass is 10.1. The molecule has 1 aliphatic carbocycles. The van der Waals surface area contributed by atoms with Crippen LogP contribution in [0.2, 0.25) is 0 Å². The molecule has 0 radical (unpaired) electrons. The van der Waals surface area contributed by atoms with Crippen molar-refractivity contribution in [1.29, 1.82) is 0 Å². The molecule has 0 aromatic heterocycles. The zero-order valence-electron chi connectivity index (χ0n) is 16.8. The fourth-order valence-electron chi connectivity index (χ4n) is 2.89. The highest BCUT2D eigenvalue weighted by Gasteiger charge is 2.22. The Morgan fingerprint density at radius 3 is 2.19 bits per heavy atom. The van der Waals surface area contributed by atoms with E-state index in [0.717, 1.165) is 36.8 Å². The van der Waals surface area contributed by atoms with Gasteiger partial charge in [-0.3, -0.25) is 4.79 Å². The van der Waals surface area contributed by atoms with Crippen molar-refractivity contribution in [3.8, 4) is 0 Å². The molecular formula is C21H32N2O4. The van der Waals surface area contributed by atoms with Crippen LogP contribution in [0.3, 0.4) is 0 Å². The summed E-state index contributed by atoms with van der Waals surface area (Å²) in [5.74, 6) is -0.180. The van der Waals surface area contributed by atoms with Gasteiger partial charge in [-0.2, -0.15) is 0 Å². The third kappa shape index (κ3) is 7.99. The van der Waals surface area contributed by atoms with Gasteiger partial charge in [0.2, 0.25) is 0 Å². The first kappa shape index (κ1) is 21.2. The van der Waals surface area contributed by atoms with Gasteiger partial charge in [-0.15, -0.1) is 0 Å². The van der Waals surface area contributed by atoms with Crippen LogP contribution < -0.4 is 10.6 Å². The highest BCUT2D eigenvalue weighted by molar-refractivity contribution is 5.75. The molecule has 1 aromatic carbocycles. The van der Waals surface area contributed by atoms with Crippen molar-refractivity contribution in [1.82, 2.24) is 10.6 Å². The summed E-state index contributed by atoms with van der Waals surface area (Å²) in [5, 5.41) is 5.94. The second kappa shape index (κ2) is 9.74. The maximum atomic E-state index is 12.1. The molecule has 0 bridgehead atoms. The van der Waals surface area contributed by atoms with Gasteiger partial charge in [-0.05, 0) is 64.5 Å². The van der Waals surface area contributed by atoms with Crippen LogP contribution >= 0.6 is 0 Å². The van der Waals surface area contributed by atoms with Crippen LogP contribution in [0.25, 0.3) is 0 Å². The molecule has 1 aromatic rings. The molecule has 6 nitrogen and oxygen atoms in total. The fraction of sp³-hybridized carbons (Fsp3) is 0.619.